The van der Waals surface area contributed by atoms with E-state index in [0.717, 1.165) is 12.8 Å². The lowest BCUT2D eigenvalue weighted by Crippen LogP contribution is -2.41. The lowest BCUT2D eigenvalue weighted by atomic mass is 9.91. The number of rotatable bonds is 5. The molecule has 1 amide bonds. The number of likely N-dealkylation sites (tertiary alicyclic amines) is 1. The second-order valence-electron chi connectivity index (χ2n) is 6.09. The minimum atomic E-state index is -0.502. The fraction of sp³-hybridized carbons (Fsp3) is 0.500. The largest absolute Gasteiger partial charge is 0.341 e. The summed E-state index contributed by atoms with van der Waals surface area (Å²) in [4.78, 5) is 14.1. The molecule has 1 aromatic carbocycles. The summed E-state index contributed by atoms with van der Waals surface area (Å²) in [5, 5.41) is 10.7. The van der Waals surface area contributed by atoms with Gasteiger partial charge < -0.3 is 4.90 Å². The molecule has 2 aromatic rings. The van der Waals surface area contributed by atoms with E-state index in [2.05, 4.69) is 15.5 Å². The Morgan fingerprint density at radius 1 is 1.29 bits per heavy atom. The van der Waals surface area contributed by atoms with Crippen LogP contribution in [0.1, 0.15) is 24.8 Å². The van der Waals surface area contributed by atoms with Gasteiger partial charge in [-0.15, -0.1) is 5.10 Å². The van der Waals surface area contributed by atoms with Crippen molar-refractivity contribution in [3.8, 4) is 0 Å². The number of hydrogen-bond donors (Lipinski definition) is 0. The van der Waals surface area contributed by atoms with Crippen molar-refractivity contribution in [2.45, 2.75) is 32.2 Å². The molecule has 8 heteroatoms. The highest BCUT2D eigenvalue weighted by Crippen LogP contribution is 2.23. The molecule has 3 rings (SSSR count). The Balaban J connectivity index is 1.54. The zero-order valence-corrected chi connectivity index (χ0v) is 13.2. The summed E-state index contributed by atoms with van der Waals surface area (Å²) >= 11 is 0. The number of halogens is 2. The minimum absolute atomic E-state index is 0.0379. The molecule has 0 spiro atoms. The molecular formula is C16H19F2N5O. The van der Waals surface area contributed by atoms with E-state index in [4.69, 9.17) is 0 Å². The highest BCUT2D eigenvalue weighted by molar-refractivity contribution is 5.75. The number of benzene rings is 1. The Kier molecular flexibility index (Phi) is 5.12. The molecule has 6 nitrogen and oxygen atoms in total. The van der Waals surface area contributed by atoms with Gasteiger partial charge in [0.2, 0.25) is 5.91 Å². The Hall–Kier alpha value is -2.38. The second kappa shape index (κ2) is 7.46. The van der Waals surface area contributed by atoms with E-state index >= 15 is 0 Å². The van der Waals surface area contributed by atoms with Gasteiger partial charge in [-0.3, -0.25) is 4.79 Å². The maximum absolute atomic E-state index is 13.7. The van der Waals surface area contributed by atoms with Crippen LogP contribution in [-0.2, 0) is 17.8 Å². The normalized spacial score (nSPS) is 17.9. The number of carbonyl (C=O) groups excluding carboxylic acids is 1. The molecule has 128 valence electrons. The van der Waals surface area contributed by atoms with E-state index in [9.17, 15) is 13.6 Å². The van der Waals surface area contributed by atoms with Crippen molar-refractivity contribution in [3.05, 3.63) is 41.7 Å². The van der Waals surface area contributed by atoms with Gasteiger partial charge >= 0.3 is 0 Å². The summed E-state index contributed by atoms with van der Waals surface area (Å²) in [7, 11) is 0. The summed E-state index contributed by atoms with van der Waals surface area (Å²) in [6, 6.07) is 3.93. The number of carbonyl (C=O) groups is 1. The molecule has 0 N–H and O–H groups in total. The molecular weight excluding hydrogens is 316 g/mol. The molecule has 0 saturated carbocycles. The summed E-state index contributed by atoms with van der Waals surface area (Å²) in [6.45, 7) is 1.42. The van der Waals surface area contributed by atoms with Gasteiger partial charge in [0.1, 0.15) is 24.5 Å². The molecule has 0 radical (unpaired) electrons. The van der Waals surface area contributed by atoms with E-state index < -0.39 is 11.6 Å². The minimum Gasteiger partial charge on any atom is -0.341 e. The summed E-state index contributed by atoms with van der Waals surface area (Å²) < 4.78 is 28.8. The fourth-order valence-electron chi connectivity index (χ4n) is 3.14. The van der Waals surface area contributed by atoms with E-state index in [1.165, 1.54) is 29.2 Å². The van der Waals surface area contributed by atoms with Crippen molar-refractivity contribution in [1.29, 1.82) is 0 Å². The molecule has 1 aliphatic heterocycles. The number of tetrazole rings is 1. The monoisotopic (exact) mass is 335 g/mol. The van der Waals surface area contributed by atoms with Gasteiger partial charge in [0, 0.05) is 18.7 Å². The predicted octanol–water partition coefficient (Wildman–Crippen LogP) is 1.82. The fourth-order valence-corrected chi connectivity index (χ4v) is 3.14. The summed E-state index contributed by atoms with van der Waals surface area (Å²) in [5.74, 6) is -0.797. The smallest absolute Gasteiger partial charge is 0.244 e. The van der Waals surface area contributed by atoms with Gasteiger partial charge in [0.05, 0.1) is 0 Å². The van der Waals surface area contributed by atoms with E-state index in [0.29, 0.717) is 25.9 Å². The molecule has 0 unspecified atom stereocenters. The average Bonchev–Trinajstić information content (AvgIpc) is 3.07. The topological polar surface area (TPSA) is 63.9 Å². The molecule has 1 aromatic heterocycles. The standard InChI is InChI=1S/C16H19F2N5O/c17-14-4-1-5-15(18)13(14)7-6-12-3-2-8-22(9-12)16(24)10-23-11-19-20-21-23/h1,4-5,11-12H,2-3,6-10H2/t12-/m1/s1. The summed E-state index contributed by atoms with van der Waals surface area (Å²) in [6.07, 6.45) is 4.27. The Labute approximate surface area is 138 Å². The quantitative estimate of drug-likeness (QED) is 0.836. The predicted molar refractivity (Wildman–Crippen MR) is 81.8 cm³/mol. The zero-order chi connectivity index (χ0) is 16.9. The number of hydrogen-bond acceptors (Lipinski definition) is 4. The SMILES string of the molecule is O=C(Cn1cnnn1)N1CCC[C@H](CCc2c(F)cccc2F)C1. The van der Waals surface area contributed by atoms with Crippen LogP contribution >= 0.6 is 0 Å². The van der Waals surface area contributed by atoms with Crippen LogP contribution in [0.15, 0.2) is 24.5 Å². The highest BCUT2D eigenvalue weighted by Gasteiger charge is 2.24. The summed E-state index contributed by atoms with van der Waals surface area (Å²) in [5.41, 5.74) is 0.134. The number of nitrogens with zero attached hydrogens (tertiary/aromatic N) is 5. The molecule has 0 bridgehead atoms. The molecule has 1 saturated heterocycles. The first kappa shape index (κ1) is 16.5. The van der Waals surface area contributed by atoms with Crippen LogP contribution in [0, 0.1) is 17.6 Å². The Bertz CT molecular complexity index is 672. The molecule has 2 heterocycles. The first-order valence-electron chi connectivity index (χ1n) is 8.05. The number of aromatic nitrogens is 4. The third kappa shape index (κ3) is 3.93. The molecule has 1 atom stereocenters. The van der Waals surface area contributed by atoms with Crippen molar-refractivity contribution in [3.63, 3.8) is 0 Å². The van der Waals surface area contributed by atoms with Gasteiger partial charge in [-0.2, -0.15) is 0 Å². The van der Waals surface area contributed by atoms with Crippen LogP contribution in [0.2, 0.25) is 0 Å². The van der Waals surface area contributed by atoms with Crippen LogP contribution < -0.4 is 0 Å². The van der Waals surface area contributed by atoms with Crippen molar-refractivity contribution in [1.82, 2.24) is 25.1 Å². The number of piperidine rings is 1. The zero-order valence-electron chi connectivity index (χ0n) is 13.2. The molecule has 0 aliphatic carbocycles. The third-order valence-corrected chi connectivity index (χ3v) is 4.42. The Morgan fingerprint density at radius 3 is 2.79 bits per heavy atom. The first-order valence-corrected chi connectivity index (χ1v) is 8.05. The third-order valence-electron chi connectivity index (χ3n) is 4.42. The van der Waals surface area contributed by atoms with Crippen molar-refractivity contribution in [2.24, 2.45) is 5.92 Å². The van der Waals surface area contributed by atoms with Crippen LogP contribution in [0.5, 0.6) is 0 Å². The van der Waals surface area contributed by atoms with Crippen molar-refractivity contribution >= 4 is 5.91 Å². The van der Waals surface area contributed by atoms with E-state index in [1.54, 1.807) is 4.90 Å². The average molecular weight is 335 g/mol. The Morgan fingerprint density at radius 2 is 2.08 bits per heavy atom. The van der Waals surface area contributed by atoms with Crippen LogP contribution in [0.25, 0.3) is 0 Å². The number of amides is 1. The van der Waals surface area contributed by atoms with Gasteiger partial charge in [0.15, 0.2) is 0 Å². The van der Waals surface area contributed by atoms with E-state index in [1.807, 2.05) is 0 Å². The van der Waals surface area contributed by atoms with Crippen LogP contribution in [0.3, 0.4) is 0 Å². The maximum atomic E-state index is 13.7. The second-order valence-corrected chi connectivity index (χ2v) is 6.09. The van der Waals surface area contributed by atoms with Crippen LogP contribution in [0.4, 0.5) is 8.78 Å². The molecule has 1 aliphatic rings. The first-order chi connectivity index (χ1) is 11.6. The van der Waals surface area contributed by atoms with Gasteiger partial charge in [-0.25, -0.2) is 13.5 Å². The molecule has 1 fully saturated rings. The van der Waals surface area contributed by atoms with Crippen molar-refractivity contribution in [2.75, 3.05) is 13.1 Å². The van der Waals surface area contributed by atoms with Gasteiger partial charge in [-0.1, -0.05) is 6.07 Å². The maximum Gasteiger partial charge on any atom is 0.244 e. The lowest BCUT2D eigenvalue weighted by molar-refractivity contribution is -0.133. The van der Waals surface area contributed by atoms with Crippen LogP contribution in [-0.4, -0.2) is 44.1 Å². The van der Waals surface area contributed by atoms with Crippen molar-refractivity contribution < 1.29 is 13.6 Å². The van der Waals surface area contributed by atoms with Gasteiger partial charge in [0.25, 0.3) is 0 Å². The van der Waals surface area contributed by atoms with E-state index in [-0.39, 0.29) is 23.9 Å². The van der Waals surface area contributed by atoms with Gasteiger partial charge in [-0.05, 0) is 54.2 Å². The molecule has 24 heavy (non-hydrogen) atoms. The highest BCUT2D eigenvalue weighted by atomic mass is 19.1. The lowest BCUT2D eigenvalue weighted by Gasteiger charge is -2.32.